The lowest BCUT2D eigenvalue weighted by atomic mass is 10.1. The number of hydroxylamine groups is 1. The molecule has 4 N–H and O–H groups in total. The number of rotatable bonds is 8. The van der Waals surface area contributed by atoms with Gasteiger partial charge in [0.05, 0.1) is 12.8 Å². The van der Waals surface area contributed by atoms with Gasteiger partial charge < -0.3 is 9.84 Å². The third-order valence-electron chi connectivity index (χ3n) is 3.33. The Labute approximate surface area is 155 Å². The molecule has 8 heteroatoms. The summed E-state index contributed by atoms with van der Waals surface area (Å²) in [6, 6.07) is 13.5. The second-order valence-electron chi connectivity index (χ2n) is 5.27. The van der Waals surface area contributed by atoms with Crippen LogP contribution < -0.4 is 15.6 Å². The molecule has 0 heterocycles. The van der Waals surface area contributed by atoms with Crippen LogP contribution >= 0.6 is 0 Å². The molecular weight excluding hydrogens is 350 g/mol. The second kappa shape index (κ2) is 10.5. The van der Waals surface area contributed by atoms with Crippen molar-refractivity contribution in [3.8, 4) is 5.75 Å². The van der Waals surface area contributed by atoms with Gasteiger partial charge in [0.2, 0.25) is 0 Å². The van der Waals surface area contributed by atoms with Gasteiger partial charge in [-0.15, -0.1) is 0 Å². The highest BCUT2D eigenvalue weighted by Crippen LogP contribution is 2.11. The Morgan fingerprint density at radius 3 is 2.33 bits per heavy atom. The third-order valence-corrected chi connectivity index (χ3v) is 3.33. The van der Waals surface area contributed by atoms with E-state index in [1.165, 1.54) is 23.8 Å². The minimum Gasteiger partial charge on any atom is -0.491 e. The normalized spacial score (nSPS) is 10.9. The Bertz CT molecular complexity index is 814. The van der Waals surface area contributed by atoms with E-state index >= 15 is 0 Å². The van der Waals surface area contributed by atoms with Crippen LogP contribution in [0.15, 0.2) is 59.7 Å². The van der Waals surface area contributed by atoms with Gasteiger partial charge in [0, 0.05) is 11.6 Å². The molecule has 0 unspecified atom stereocenters. The molecule has 0 saturated heterocycles. The van der Waals surface area contributed by atoms with Gasteiger partial charge in [-0.05, 0) is 53.6 Å². The highest BCUT2D eigenvalue weighted by atomic mass is 16.5. The predicted molar refractivity (Wildman–Crippen MR) is 99.5 cm³/mol. The molecule has 0 saturated carbocycles. The highest BCUT2D eigenvalue weighted by molar-refractivity contribution is 5.95. The molecule has 0 radical (unpaired) electrons. The molecule has 0 atom stereocenters. The van der Waals surface area contributed by atoms with Crippen LogP contribution in [0.1, 0.15) is 21.5 Å². The van der Waals surface area contributed by atoms with E-state index in [0.29, 0.717) is 16.9 Å². The first-order chi connectivity index (χ1) is 13.1. The molecule has 140 valence electrons. The van der Waals surface area contributed by atoms with Gasteiger partial charge >= 0.3 is 0 Å². The molecule has 2 amide bonds. The van der Waals surface area contributed by atoms with E-state index in [2.05, 4.69) is 10.5 Å². The molecule has 0 fully saturated rings. The van der Waals surface area contributed by atoms with Gasteiger partial charge in [0.15, 0.2) is 0 Å². The van der Waals surface area contributed by atoms with Crippen molar-refractivity contribution >= 4 is 24.1 Å². The molecule has 2 aromatic carbocycles. The Kier molecular flexibility index (Phi) is 7.70. The van der Waals surface area contributed by atoms with E-state index in [1.54, 1.807) is 48.5 Å². The van der Waals surface area contributed by atoms with Crippen molar-refractivity contribution in [2.24, 2.45) is 5.10 Å². The van der Waals surface area contributed by atoms with Crippen LogP contribution in [0.2, 0.25) is 0 Å². The Morgan fingerprint density at radius 2 is 1.70 bits per heavy atom. The van der Waals surface area contributed by atoms with Crippen molar-refractivity contribution in [1.29, 1.82) is 0 Å². The molecule has 0 aromatic heterocycles. The number of nitrogens with zero attached hydrogens (tertiary/aromatic N) is 1. The zero-order valence-corrected chi connectivity index (χ0v) is 14.3. The number of carbonyl (C=O) groups excluding carboxylic acids is 2. The summed E-state index contributed by atoms with van der Waals surface area (Å²) in [5.41, 5.74) is 5.79. The topological polar surface area (TPSA) is 120 Å². The summed E-state index contributed by atoms with van der Waals surface area (Å²) in [6.45, 7) is 0.178. The lowest BCUT2D eigenvalue weighted by Gasteiger charge is -2.03. The number of aliphatic hydroxyl groups excluding tert-OH is 1. The minimum absolute atomic E-state index is 0.0511. The minimum atomic E-state index is -0.640. The fourth-order valence-electron chi connectivity index (χ4n) is 2.00. The third kappa shape index (κ3) is 6.73. The maximum atomic E-state index is 12.0. The summed E-state index contributed by atoms with van der Waals surface area (Å²) >= 11 is 0. The molecule has 0 bridgehead atoms. The average molecular weight is 369 g/mol. The van der Waals surface area contributed by atoms with Crippen molar-refractivity contribution in [1.82, 2.24) is 10.9 Å². The number of benzene rings is 2. The van der Waals surface area contributed by atoms with Gasteiger partial charge in [0.25, 0.3) is 11.8 Å². The summed E-state index contributed by atoms with van der Waals surface area (Å²) in [5.74, 6) is -0.382. The first kappa shape index (κ1) is 19.8. The molecule has 8 nitrogen and oxygen atoms in total. The van der Waals surface area contributed by atoms with E-state index in [4.69, 9.17) is 15.1 Å². The second-order valence-corrected chi connectivity index (χ2v) is 5.27. The van der Waals surface area contributed by atoms with Gasteiger partial charge in [-0.2, -0.15) is 5.10 Å². The van der Waals surface area contributed by atoms with Gasteiger partial charge in [-0.3, -0.25) is 14.8 Å². The Balaban J connectivity index is 1.88. The number of carbonyl (C=O) groups is 2. The van der Waals surface area contributed by atoms with Gasteiger partial charge in [-0.25, -0.2) is 10.9 Å². The summed E-state index contributed by atoms with van der Waals surface area (Å²) < 4.78 is 5.25. The molecule has 0 aliphatic carbocycles. The highest BCUT2D eigenvalue weighted by Gasteiger charge is 2.03. The van der Waals surface area contributed by atoms with Crippen LogP contribution in [0, 0.1) is 0 Å². The first-order valence-electron chi connectivity index (χ1n) is 8.01. The van der Waals surface area contributed by atoms with Crippen LogP contribution in [0.4, 0.5) is 0 Å². The van der Waals surface area contributed by atoms with E-state index in [9.17, 15) is 9.59 Å². The smallest absolute Gasteiger partial charge is 0.271 e. The Morgan fingerprint density at radius 1 is 1.04 bits per heavy atom. The zero-order chi connectivity index (χ0) is 19.5. The van der Waals surface area contributed by atoms with Crippen molar-refractivity contribution in [3.63, 3.8) is 0 Å². The molecule has 0 aliphatic rings. The number of hydrogen-bond donors (Lipinski definition) is 4. The summed E-state index contributed by atoms with van der Waals surface area (Å²) in [6.07, 6.45) is 4.16. The van der Waals surface area contributed by atoms with E-state index in [0.717, 1.165) is 5.56 Å². The molecule has 0 aliphatic heterocycles. The number of aliphatic hydroxyl groups is 1. The summed E-state index contributed by atoms with van der Waals surface area (Å²) in [4.78, 5) is 23.0. The molecule has 27 heavy (non-hydrogen) atoms. The standard InChI is InChI=1S/C19H19N3O5/c23-11-12-27-17-8-3-15(4-9-17)13-20-21-19(25)16-6-1-14(2-7-16)5-10-18(24)22-26/h1-10,13,23,26H,11-12H2,(H,21,25)(H,22,24). The number of hydrogen-bond acceptors (Lipinski definition) is 6. The van der Waals surface area contributed by atoms with E-state index in [-0.39, 0.29) is 19.1 Å². The molecular formula is C19H19N3O5. The SMILES string of the molecule is O=C(C=Cc1ccc(C(=O)NN=Cc2ccc(OCCO)cc2)cc1)NO. The van der Waals surface area contributed by atoms with Crippen molar-refractivity contribution in [2.45, 2.75) is 0 Å². The maximum Gasteiger partial charge on any atom is 0.271 e. The summed E-state index contributed by atoms with van der Waals surface area (Å²) in [5, 5.41) is 21.0. The number of amides is 2. The van der Waals surface area contributed by atoms with Gasteiger partial charge in [0.1, 0.15) is 12.4 Å². The average Bonchev–Trinajstić information content (AvgIpc) is 2.71. The van der Waals surface area contributed by atoms with E-state index in [1.807, 2.05) is 0 Å². The monoisotopic (exact) mass is 369 g/mol. The predicted octanol–water partition coefficient (Wildman–Crippen LogP) is 1.34. The molecule has 2 aromatic rings. The molecule has 0 spiro atoms. The van der Waals surface area contributed by atoms with Crippen molar-refractivity contribution in [3.05, 3.63) is 71.3 Å². The number of ether oxygens (including phenoxy) is 1. The Hall–Kier alpha value is -3.49. The van der Waals surface area contributed by atoms with Crippen LogP contribution in [0.3, 0.4) is 0 Å². The summed E-state index contributed by atoms with van der Waals surface area (Å²) in [7, 11) is 0. The van der Waals surface area contributed by atoms with Crippen molar-refractivity contribution < 1.29 is 24.6 Å². The van der Waals surface area contributed by atoms with Crippen LogP contribution in [0.5, 0.6) is 5.75 Å². The zero-order valence-electron chi connectivity index (χ0n) is 14.3. The number of hydrazone groups is 1. The lowest BCUT2D eigenvalue weighted by molar-refractivity contribution is -0.124. The largest absolute Gasteiger partial charge is 0.491 e. The quantitative estimate of drug-likeness (QED) is 0.242. The van der Waals surface area contributed by atoms with Gasteiger partial charge in [-0.1, -0.05) is 12.1 Å². The molecule has 2 rings (SSSR count). The van der Waals surface area contributed by atoms with Crippen LogP contribution in [-0.2, 0) is 4.79 Å². The van der Waals surface area contributed by atoms with Crippen molar-refractivity contribution in [2.75, 3.05) is 13.2 Å². The van der Waals surface area contributed by atoms with Crippen LogP contribution in [-0.4, -0.2) is 41.6 Å². The lowest BCUT2D eigenvalue weighted by Crippen LogP contribution is -2.17. The number of nitrogens with one attached hydrogen (secondary N) is 2. The van der Waals surface area contributed by atoms with E-state index < -0.39 is 5.91 Å². The first-order valence-corrected chi connectivity index (χ1v) is 8.01. The van der Waals surface area contributed by atoms with Crippen LogP contribution in [0.25, 0.3) is 6.08 Å². The fraction of sp³-hybridized carbons (Fsp3) is 0.105. The maximum absolute atomic E-state index is 12.0. The fourth-order valence-corrected chi connectivity index (χ4v) is 2.00.